The minimum absolute atomic E-state index is 0.250. The predicted molar refractivity (Wildman–Crippen MR) is 94.3 cm³/mol. The maximum Gasteiger partial charge on any atom is 0.338 e. The minimum Gasteiger partial charge on any atom is -0.463 e. The normalized spacial score (nSPS) is 17.6. The summed E-state index contributed by atoms with van der Waals surface area (Å²) in [6, 6.07) is 3.93. The number of hydrogen-bond acceptors (Lipinski definition) is 3. The van der Waals surface area contributed by atoms with Crippen molar-refractivity contribution in [2.75, 3.05) is 6.61 Å². The average Bonchev–Trinajstić information content (AvgIpc) is 2.49. The van der Waals surface area contributed by atoms with E-state index in [1.807, 2.05) is 6.92 Å². The molecular formula is C16H18BrFN2O2S. The first-order valence-corrected chi connectivity index (χ1v) is 8.60. The van der Waals surface area contributed by atoms with Crippen molar-refractivity contribution in [3.05, 3.63) is 45.3 Å². The van der Waals surface area contributed by atoms with Crippen LogP contribution >= 0.6 is 28.1 Å². The topological polar surface area (TPSA) is 50.4 Å². The molecule has 2 rings (SSSR count). The summed E-state index contributed by atoms with van der Waals surface area (Å²) in [7, 11) is 0. The van der Waals surface area contributed by atoms with Crippen LogP contribution in [0.1, 0.15) is 38.3 Å². The van der Waals surface area contributed by atoms with Crippen molar-refractivity contribution in [3.63, 3.8) is 0 Å². The Kier molecular flexibility index (Phi) is 6.12. The third-order valence-corrected chi connectivity index (χ3v) is 4.13. The second kappa shape index (κ2) is 7.88. The molecule has 0 spiro atoms. The van der Waals surface area contributed by atoms with Crippen molar-refractivity contribution >= 4 is 39.2 Å². The number of carbonyl (C=O) groups excluding carboxylic acids is 1. The summed E-state index contributed by atoms with van der Waals surface area (Å²) in [6.45, 7) is 3.98. The average molecular weight is 401 g/mol. The number of hydrogen-bond donors (Lipinski definition) is 2. The van der Waals surface area contributed by atoms with Crippen molar-refractivity contribution in [2.24, 2.45) is 0 Å². The van der Waals surface area contributed by atoms with Crippen LogP contribution in [0.3, 0.4) is 0 Å². The number of allylic oxidation sites excluding steroid dienone is 1. The predicted octanol–water partition coefficient (Wildman–Crippen LogP) is 3.72. The van der Waals surface area contributed by atoms with Crippen molar-refractivity contribution in [2.45, 2.75) is 32.7 Å². The van der Waals surface area contributed by atoms with E-state index in [9.17, 15) is 9.18 Å². The second-order valence-corrected chi connectivity index (χ2v) is 6.38. The third-order valence-electron chi connectivity index (χ3n) is 3.42. The highest BCUT2D eigenvalue weighted by atomic mass is 79.9. The molecule has 1 aromatic rings. The summed E-state index contributed by atoms with van der Waals surface area (Å²) in [5, 5.41) is 6.35. The van der Waals surface area contributed by atoms with E-state index < -0.39 is 17.8 Å². The molecule has 0 saturated carbocycles. The van der Waals surface area contributed by atoms with Gasteiger partial charge >= 0.3 is 5.97 Å². The van der Waals surface area contributed by atoms with Crippen LogP contribution in [0.5, 0.6) is 0 Å². The molecular weight excluding hydrogens is 383 g/mol. The van der Waals surface area contributed by atoms with Crippen LogP contribution in [-0.4, -0.2) is 17.7 Å². The van der Waals surface area contributed by atoms with Gasteiger partial charge in [-0.3, -0.25) is 0 Å². The first kappa shape index (κ1) is 17.9. The molecule has 1 atom stereocenters. The van der Waals surface area contributed by atoms with Gasteiger partial charge in [0.25, 0.3) is 0 Å². The molecule has 1 aliphatic heterocycles. The van der Waals surface area contributed by atoms with E-state index in [4.69, 9.17) is 17.0 Å². The number of ether oxygens (including phenoxy) is 1. The van der Waals surface area contributed by atoms with E-state index in [1.165, 1.54) is 6.07 Å². The Labute approximate surface area is 148 Å². The van der Waals surface area contributed by atoms with Gasteiger partial charge in [0.1, 0.15) is 5.82 Å². The summed E-state index contributed by atoms with van der Waals surface area (Å²) < 4.78 is 20.2. The SMILES string of the molecule is CCCC1=C(C(=O)OCC)C(c2cc(Br)ccc2F)NC(=S)N1. The highest BCUT2D eigenvalue weighted by molar-refractivity contribution is 9.10. The Bertz CT molecular complexity index is 663. The maximum absolute atomic E-state index is 14.3. The van der Waals surface area contributed by atoms with Gasteiger partial charge in [0.15, 0.2) is 5.11 Å². The molecule has 2 N–H and O–H groups in total. The summed E-state index contributed by atoms with van der Waals surface area (Å²) in [4.78, 5) is 12.4. The first-order valence-electron chi connectivity index (χ1n) is 7.40. The third kappa shape index (κ3) is 4.09. The molecule has 0 aromatic heterocycles. The minimum atomic E-state index is -0.679. The van der Waals surface area contributed by atoms with Gasteiger partial charge in [-0.05, 0) is 43.8 Å². The van der Waals surface area contributed by atoms with Crippen LogP contribution in [0.4, 0.5) is 4.39 Å². The number of esters is 1. The molecule has 0 amide bonds. The Hall–Kier alpha value is -1.47. The number of nitrogens with one attached hydrogen (secondary N) is 2. The van der Waals surface area contributed by atoms with Gasteiger partial charge in [-0.15, -0.1) is 0 Å². The summed E-state index contributed by atoms with van der Waals surface area (Å²) in [5.74, 6) is -0.879. The van der Waals surface area contributed by atoms with Crippen LogP contribution < -0.4 is 10.6 Å². The molecule has 0 saturated heterocycles. The van der Waals surface area contributed by atoms with Crippen LogP contribution in [0.2, 0.25) is 0 Å². The van der Waals surface area contributed by atoms with Crippen LogP contribution in [0.25, 0.3) is 0 Å². The Morgan fingerprint density at radius 2 is 2.17 bits per heavy atom. The number of carbonyl (C=O) groups is 1. The molecule has 23 heavy (non-hydrogen) atoms. The molecule has 124 valence electrons. The van der Waals surface area contributed by atoms with Crippen molar-refractivity contribution in [1.29, 1.82) is 0 Å². The smallest absolute Gasteiger partial charge is 0.338 e. The lowest BCUT2D eigenvalue weighted by Crippen LogP contribution is -2.46. The van der Waals surface area contributed by atoms with Gasteiger partial charge in [-0.1, -0.05) is 29.3 Å². The zero-order valence-electron chi connectivity index (χ0n) is 12.9. The number of rotatable bonds is 5. The molecule has 0 aliphatic carbocycles. The van der Waals surface area contributed by atoms with Crippen LogP contribution in [0, 0.1) is 5.82 Å². The second-order valence-electron chi connectivity index (χ2n) is 5.06. The van der Waals surface area contributed by atoms with Crippen LogP contribution in [0.15, 0.2) is 33.9 Å². The van der Waals surface area contributed by atoms with Gasteiger partial charge in [0.2, 0.25) is 0 Å². The van der Waals surface area contributed by atoms with Gasteiger partial charge in [-0.25, -0.2) is 9.18 Å². The van der Waals surface area contributed by atoms with Gasteiger partial charge < -0.3 is 15.4 Å². The summed E-state index contributed by atoms with van der Waals surface area (Å²) in [5.41, 5.74) is 1.40. The highest BCUT2D eigenvalue weighted by Gasteiger charge is 2.33. The van der Waals surface area contributed by atoms with Gasteiger partial charge in [0.05, 0.1) is 18.2 Å². The first-order chi connectivity index (χ1) is 11.0. The van der Waals surface area contributed by atoms with Gasteiger partial charge in [0, 0.05) is 15.7 Å². The summed E-state index contributed by atoms with van der Waals surface area (Å²) in [6.07, 6.45) is 1.45. The molecule has 1 heterocycles. The standard InChI is InChI=1S/C16H18BrFN2O2S/c1-3-5-12-13(15(21)22-4-2)14(20-16(23)19-12)10-8-9(17)6-7-11(10)18/h6-8,14H,3-5H2,1-2H3,(H2,19,20,23). The summed E-state index contributed by atoms with van der Waals surface area (Å²) >= 11 is 8.55. The van der Waals surface area contributed by atoms with E-state index in [0.717, 1.165) is 10.9 Å². The Balaban J connectivity index is 2.57. The fraction of sp³-hybridized carbons (Fsp3) is 0.375. The fourth-order valence-corrected chi connectivity index (χ4v) is 3.10. The monoisotopic (exact) mass is 400 g/mol. The Morgan fingerprint density at radius 3 is 2.83 bits per heavy atom. The van der Waals surface area contributed by atoms with E-state index >= 15 is 0 Å². The van der Waals surface area contributed by atoms with Crippen molar-refractivity contribution in [1.82, 2.24) is 10.6 Å². The van der Waals surface area contributed by atoms with Crippen molar-refractivity contribution < 1.29 is 13.9 Å². The van der Waals surface area contributed by atoms with E-state index in [1.54, 1.807) is 19.1 Å². The number of thiocarbonyl (C=S) groups is 1. The molecule has 4 nitrogen and oxygen atoms in total. The molecule has 0 radical (unpaired) electrons. The van der Waals surface area contributed by atoms with E-state index in [0.29, 0.717) is 28.4 Å². The van der Waals surface area contributed by atoms with Gasteiger partial charge in [-0.2, -0.15) is 0 Å². The number of benzene rings is 1. The lowest BCUT2D eigenvalue weighted by molar-refractivity contribution is -0.139. The quantitative estimate of drug-likeness (QED) is 0.582. The highest BCUT2D eigenvalue weighted by Crippen LogP contribution is 2.32. The molecule has 7 heteroatoms. The van der Waals surface area contributed by atoms with Crippen molar-refractivity contribution in [3.8, 4) is 0 Å². The zero-order chi connectivity index (χ0) is 17.0. The molecule has 0 fully saturated rings. The maximum atomic E-state index is 14.3. The zero-order valence-corrected chi connectivity index (χ0v) is 15.3. The molecule has 1 unspecified atom stereocenters. The number of halogens is 2. The largest absolute Gasteiger partial charge is 0.463 e. The van der Waals surface area contributed by atoms with Crippen LogP contribution in [-0.2, 0) is 9.53 Å². The lowest BCUT2D eigenvalue weighted by Gasteiger charge is -2.31. The molecule has 1 aromatic carbocycles. The Morgan fingerprint density at radius 1 is 1.43 bits per heavy atom. The molecule has 0 bridgehead atoms. The molecule has 1 aliphatic rings. The van der Waals surface area contributed by atoms with E-state index in [2.05, 4.69) is 26.6 Å². The lowest BCUT2D eigenvalue weighted by atomic mass is 9.93. The fourth-order valence-electron chi connectivity index (χ4n) is 2.48. The van der Waals surface area contributed by atoms with E-state index in [-0.39, 0.29) is 6.61 Å².